The number of allylic oxidation sites excluding steroid dienone is 1. The summed E-state index contributed by atoms with van der Waals surface area (Å²) in [6.45, 7) is 6.48. The van der Waals surface area contributed by atoms with Gasteiger partial charge in [0.15, 0.2) is 0 Å². The quantitative estimate of drug-likeness (QED) is 0.754. The van der Waals surface area contributed by atoms with Crippen LogP contribution >= 0.6 is 0 Å². The summed E-state index contributed by atoms with van der Waals surface area (Å²) in [5, 5.41) is 20.1. The zero-order chi connectivity index (χ0) is 19.4. The van der Waals surface area contributed by atoms with E-state index >= 15 is 0 Å². The van der Waals surface area contributed by atoms with Crippen LogP contribution in [0.4, 0.5) is 0 Å². The number of hydrogen-bond donors (Lipinski definition) is 2. The van der Waals surface area contributed by atoms with E-state index in [0.29, 0.717) is 5.56 Å². The molecule has 0 spiro atoms. The second-order valence-corrected chi connectivity index (χ2v) is 8.61. The normalized spacial score (nSPS) is 29.5. The van der Waals surface area contributed by atoms with Gasteiger partial charge in [0.2, 0.25) is 0 Å². The van der Waals surface area contributed by atoms with E-state index in [4.69, 9.17) is 5.11 Å². The van der Waals surface area contributed by atoms with Crippen molar-refractivity contribution in [2.24, 2.45) is 0 Å². The number of aliphatic hydroxyl groups excluding tert-OH is 1. The monoisotopic (exact) mass is 362 g/mol. The lowest BCUT2D eigenvalue weighted by atomic mass is 9.66. The van der Waals surface area contributed by atoms with Gasteiger partial charge >= 0.3 is 5.97 Å². The Bertz CT molecular complexity index is 941. The van der Waals surface area contributed by atoms with Crippen LogP contribution in [0.25, 0.3) is 11.6 Å². The van der Waals surface area contributed by atoms with E-state index in [1.807, 2.05) is 12.1 Å². The SMILES string of the molecule is CC(=Cc1ccc(C(=O)O)cc1)c1ccc2c(c1)C1(C)CCCC2(C)C1O. The van der Waals surface area contributed by atoms with Crippen molar-refractivity contribution in [2.45, 2.75) is 57.0 Å². The van der Waals surface area contributed by atoms with Crippen LogP contribution < -0.4 is 0 Å². The van der Waals surface area contributed by atoms with E-state index in [1.165, 1.54) is 11.1 Å². The molecule has 2 aliphatic carbocycles. The zero-order valence-corrected chi connectivity index (χ0v) is 16.1. The largest absolute Gasteiger partial charge is 0.478 e. The fraction of sp³-hybridized carbons (Fsp3) is 0.375. The summed E-state index contributed by atoms with van der Waals surface area (Å²) < 4.78 is 0. The highest BCUT2D eigenvalue weighted by Gasteiger charge is 2.57. The minimum absolute atomic E-state index is 0.134. The fourth-order valence-corrected chi connectivity index (χ4v) is 5.18. The molecule has 2 N–H and O–H groups in total. The van der Waals surface area contributed by atoms with Crippen molar-refractivity contribution in [3.63, 3.8) is 0 Å². The maximum atomic E-state index is 11.0. The van der Waals surface area contributed by atoms with Crippen molar-refractivity contribution in [2.75, 3.05) is 0 Å². The first-order valence-corrected chi connectivity index (χ1v) is 9.61. The molecule has 0 amide bonds. The van der Waals surface area contributed by atoms with Crippen LogP contribution in [0.1, 0.15) is 72.6 Å². The molecule has 140 valence electrons. The molecule has 0 heterocycles. The zero-order valence-electron chi connectivity index (χ0n) is 16.1. The molecule has 1 saturated carbocycles. The van der Waals surface area contributed by atoms with Crippen LogP contribution in [0.2, 0.25) is 0 Å². The first kappa shape index (κ1) is 18.0. The summed E-state index contributed by atoms with van der Waals surface area (Å²) in [6, 6.07) is 13.5. The maximum Gasteiger partial charge on any atom is 0.335 e. The summed E-state index contributed by atoms with van der Waals surface area (Å²) >= 11 is 0. The Morgan fingerprint density at radius 3 is 2.22 bits per heavy atom. The van der Waals surface area contributed by atoms with Crippen LogP contribution in [-0.4, -0.2) is 22.3 Å². The lowest BCUT2D eigenvalue weighted by Gasteiger charge is -2.41. The molecule has 2 aromatic rings. The molecule has 4 rings (SSSR count). The molecule has 0 aromatic heterocycles. The number of carboxylic acid groups (broad SMARTS) is 1. The van der Waals surface area contributed by atoms with Crippen LogP contribution in [0.15, 0.2) is 42.5 Å². The molecular weight excluding hydrogens is 336 g/mol. The summed E-state index contributed by atoms with van der Waals surface area (Å²) in [7, 11) is 0. The van der Waals surface area contributed by atoms with Gasteiger partial charge in [-0.2, -0.15) is 0 Å². The van der Waals surface area contributed by atoms with Crippen LogP contribution in [-0.2, 0) is 10.8 Å². The molecule has 2 aliphatic rings. The van der Waals surface area contributed by atoms with Gasteiger partial charge in [-0.05, 0) is 59.7 Å². The van der Waals surface area contributed by atoms with E-state index in [2.05, 4.69) is 45.0 Å². The van der Waals surface area contributed by atoms with E-state index < -0.39 is 5.97 Å². The second-order valence-electron chi connectivity index (χ2n) is 8.61. The van der Waals surface area contributed by atoms with E-state index in [9.17, 15) is 9.90 Å². The summed E-state index contributed by atoms with van der Waals surface area (Å²) in [5.74, 6) is -0.910. The smallest absolute Gasteiger partial charge is 0.335 e. The van der Waals surface area contributed by atoms with Crippen molar-refractivity contribution in [3.8, 4) is 0 Å². The number of carboxylic acids is 1. The Hall–Kier alpha value is -2.39. The third kappa shape index (κ3) is 2.64. The molecule has 27 heavy (non-hydrogen) atoms. The Morgan fingerprint density at radius 2 is 1.59 bits per heavy atom. The molecule has 1 fully saturated rings. The number of fused-ring (bicyclic) bond motifs is 5. The minimum Gasteiger partial charge on any atom is -0.478 e. The van der Waals surface area contributed by atoms with E-state index in [1.54, 1.807) is 12.1 Å². The van der Waals surface area contributed by atoms with Gasteiger partial charge in [-0.25, -0.2) is 4.79 Å². The number of aliphatic hydroxyl groups is 1. The predicted molar refractivity (Wildman–Crippen MR) is 108 cm³/mol. The van der Waals surface area contributed by atoms with Crippen LogP contribution in [0, 0.1) is 0 Å². The van der Waals surface area contributed by atoms with Crippen molar-refractivity contribution in [1.82, 2.24) is 0 Å². The van der Waals surface area contributed by atoms with Gasteiger partial charge in [0, 0.05) is 10.8 Å². The van der Waals surface area contributed by atoms with Gasteiger partial charge in [-0.3, -0.25) is 0 Å². The Labute approximate surface area is 160 Å². The Morgan fingerprint density at radius 1 is 1.00 bits per heavy atom. The van der Waals surface area contributed by atoms with Gasteiger partial charge in [0.1, 0.15) is 0 Å². The van der Waals surface area contributed by atoms with Gasteiger partial charge in [-0.1, -0.05) is 56.7 Å². The topological polar surface area (TPSA) is 57.5 Å². The standard InChI is InChI=1S/C24H26O3/c1-15(13-16-5-7-17(8-6-16)21(25)26)18-9-10-19-20(14-18)24(3)12-4-11-23(19,2)22(24)27/h5-10,13-14,22,27H,4,11-12H2,1-3H3,(H,25,26). The lowest BCUT2D eigenvalue weighted by molar-refractivity contribution is 0.00837. The maximum absolute atomic E-state index is 11.0. The molecule has 2 bridgehead atoms. The second kappa shape index (κ2) is 6.07. The number of hydrogen-bond acceptors (Lipinski definition) is 2. The van der Waals surface area contributed by atoms with Gasteiger partial charge in [0.05, 0.1) is 11.7 Å². The first-order valence-electron chi connectivity index (χ1n) is 9.61. The average molecular weight is 362 g/mol. The van der Waals surface area contributed by atoms with Gasteiger partial charge < -0.3 is 10.2 Å². The fourth-order valence-electron chi connectivity index (χ4n) is 5.18. The van der Waals surface area contributed by atoms with Crippen molar-refractivity contribution < 1.29 is 15.0 Å². The number of rotatable bonds is 3. The third-order valence-corrected chi connectivity index (χ3v) is 6.85. The number of carbonyl (C=O) groups is 1. The molecule has 3 atom stereocenters. The highest BCUT2D eigenvalue weighted by atomic mass is 16.4. The minimum atomic E-state index is -0.910. The predicted octanol–water partition coefficient (Wildman–Crippen LogP) is 5.02. The van der Waals surface area contributed by atoms with Crippen molar-refractivity contribution in [1.29, 1.82) is 0 Å². The molecule has 3 heteroatoms. The molecule has 3 unspecified atom stereocenters. The molecule has 3 nitrogen and oxygen atoms in total. The molecule has 0 radical (unpaired) electrons. The number of aromatic carboxylic acids is 1. The first-order chi connectivity index (χ1) is 12.8. The Balaban J connectivity index is 1.71. The van der Waals surface area contributed by atoms with Crippen molar-refractivity contribution in [3.05, 3.63) is 70.3 Å². The molecule has 2 aromatic carbocycles. The highest BCUT2D eigenvalue weighted by molar-refractivity contribution is 5.88. The van der Waals surface area contributed by atoms with Crippen molar-refractivity contribution >= 4 is 17.6 Å². The number of benzene rings is 2. The van der Waals surface area contributed by atoms with E-state index in [-0.39, 0.29) is 16.9 Å². The summed E-state index contributed by atoms with van der Waals surface area (Å²) in [4.78, 5) is 11.0. The summed E-state index contributed by atoms with van der Waals surface area (Å²) in [6.07, 6.45) is 4.98. The van der Waals surface area contributed by atoms with Gasteiger partial charge in [-0.15, -0.1) is 0 Å². The lowest BCUT2D eigenvalue weighted by Crippen LogP contribution is -2.46. The third-order valence-electron chi connectivity index (χ3n) is 6.85. The summed E-state index contributed by atoms with van der Waals surface area (Å²) in [5.41, 5.74) is 5.86. The molecule has 0 saturated heterocycles. The highest BCUT2D eigenvalue weighted by Crippen LogP contribution is 2.58. The average Bonchev–Trinajstić information content (AvgIpc) is 2.74. The van der Waals surface area contributed by atoms with E-state index in [0.717, 1.165) is 36.0 Å². The molecular formula is C24H26O3. The van der Waals surface area contributed by atoms with Crippen LogP contribution in [0.5, 0.6) is 0 Å². The van der Waals surface area contributed by atoms with Crippen LogP contribution in [0.3, 0.4) is 0 Å². The Kier molecular flexibility index (Phi) is 4.04. The molecule has 0 aliphatic heterocycles. The van der Waals surface area contributed by atoms with Gasteiger partial charge in [0.25, 0.3) is 0 Å².